The molecular weight excluding hydrogens is 353 g/mol. The average molecular weight is 384 g/mol. The summed E-state index contributed by atoms with van der Waals surface area (Å²) in [4.78, 5) is 11.0. The summed E-state index contributed by atoms with van der Waals surface area (Å²) in [6.45, 7) is 11.4. The van der Waals surface area contributed by atoms with Crippen LogP contribution in [0, 0.1) is 11.2 Å². The number of halogens is 1. The standard InChI is InChI=1S/C20H24FN3O.C3H6/c1-4-14-8-10-19(9-7-13(14)2)12-15-5-6-16(21)11-17(15)20(19)23-18(22)24(3)25-20;1-3-2/h4-6,11H,1,7-10,12H2,2-3H3,(H2,22,23);3H,1H2,2H3. The van der Waals surface area contributed by atoms with Gasteiger partial charge in [-0.3, -0.25) is 0 Å². The van der Waals surface area contributed by atoms with Gasteiger partial charge in [0.2, 0.25) is 11.7 Å². The zero-order valence-electron chi connectivity index (χ0n) is 17.1. The second kappa shape index (κ2) is 7.55. The molecule has 1 heterocycles. The third kappa shape index (κ3) is 3.08. The van der Waals surface area contributed by atoms with E-state index in [1.54, 1.807) is 19.2 Å². The molecule has 4 rings (SSSR count). The molecule has 0 fully saturated rings. The second-order valence-electron chi connectivity index (χ2n) is 7.88. The van der Waals surface area contributed by atoms with Crippen molar-refractivity contribution in [2.75, 3.05) is 7.05 Å². The molecule has 0 saturated carbocycles. The highest BCUT2D eigenvalue weighted by Gasteiger charge is 2.62. The van der Waals surface area contributed by atoms with Gasteiger partial charge < -0.3 is 5.73 Å². The van der Waals surface area contributed by atoms with Crippen molar-refractivity contribution < 1.29 is 9.23 Å². The van der Waals surface area contributed by atoms with Crippen molar-refractivity contribution in [3.8, 4) is 0 Å². The molecule has 1 aromatic carbocycles. The first-order valence-electron chi connectivity index (χ1n) is 9.77. The Morgan fingerprint density at radius 2 is 1.96 bits per heavy atom. The van der Waals surface area contributed by atoms with E-state index in [4.69, 9.17) is 15.6 Å². The Kier molecular flexibility index (Phi) is 5.48. The lowest BCUT2D eigenvalue weighted by Crippen LogP contribution is -2.43. The molecule has 1 aliphatic heterocycles. The largest absolute Gasteiger partial charge is 0.368 e. The lowest BCUT2D eigenvalue weighted by Gasteiger charge is -2.40. The van der Waals surface area contributed by atoms with Crippen molar-refractivity contribution in [1.82, 2.24) is 5.06 Å². The van der Waals surface area contributed by atoms with Crippen molar-refractivity contribution in [3.05, 3.63) is 71.6 Å². The van der Waals surface area contributed by atoms with Crippen LogP contribution >= 0.6 is 0 Å². The fourth-order valence-electron chi connectivity index (χ4n) is 4.70. The van der Waals surface area contributed by atoms with Gasteiger partial charge in [0.1, 0.15) is 5.82 Å². The third-order valence-corrected chi connectivity index (χ3v) is 6.19. The highest BCUT2D eigenvalue weighted by molar-refractivity contribution is 5.79. The summed E-state index contributed by atoms with van der Waals surface area (Å²) in [5, 5.41) is 1.52. The van der Waals surface area contributed by atoms with Crippen LogP contribution in [0.1, 0.15) is 50.7 Å². The third-order valence-electron chi connectivity index (χ3n) is 6.19. The number of nitrogens with zero attached hydrogens (tertiary/aromatic N) is 2. The topological polar surface area (TPSA) is 50.8 Å². The Labute approximate surface area is 167 Å². The summed E-state index contributed by atoms with van der Waals surface area (Å²) < 4.78 is 14.0. The minimum atomic E-state index is -0.930. The number of aliphatic imine (C=N–C) groups is 1. The van der Waals surface area contributed by atoms with Gasteiger partial charge in [-0.1, -0.05) is 30.4 Å². The van der Waals surface area contributed by atoms with Gasteiger partial charge in [-0.15, -0.1) is 6.58 Å². The Morgan fingerprint density at radius 1 is 1.29 bits per heavy atom. The number of rotatable bonds is 1. The molecule has 0 radical (unpaired) electrons. The van der Waals surface area contributed by atoms with Crippen molar-refractivity contribution in [3.63, 3.8) is 0 Å². The van der Waals surface area contributed by atoms with E-state index in [0.717, 1.165) is 43.2 Å². The van der Waals surface area contributed by atoms with E-state index in [1.807, 2.05) is 19.1 Å². The molecule has 2 N–H and O–H groups in total. The van der Waals surface area contributed by atoms with Crippen LogP contribution in [0.4, 0.5) is 4.39 Å². The quantitative estimate of drug-likeness (QED) is 0.696. The Morgan fingerprint density at radius 3 is 2.57 bits per heavy atom. The summed E-state index contributed by atoms with van der Waals surface area (Å²) in [7, 11) is 1.76. The van der Waals surface area contributed by atoms with E-state index in [0.29, 0.717) is 5.96 Å². The highest BCUT2D eigenvalue weighted by Crippen LogP contribution is 2.61. The summed E-state index contributed by atoms with van der Waals surface area (Å²) in [5.74, 6) is 0.0752. The first kappa shape index (κ1) is 20.3. The molecule has 0 saturated heterocycles. The first-order valence-corrected chi connectivity index (χ1v) is 9.77. The molecule has 1 aromatic rings. The van der Waals surface area contributed by atoms with E-state index in [-0.39, 0.29) is 11.2 Å². The molecule has 0 amide bonds. The van der Waals surface area contributed by atoms with Crippen LogP contribution in [-0.4, -0.2) is 18.1 Å². The lowest BCUT2D eigenvalue weighted by atomic mass is 9.71. The normalized spacial score (nSPS) is 28.6. The minimum Gasteiger partial charge on any atom is -0.368 e. The summed E-state index contributed by atoms with van der Waals surface area (Å²) in [6.07, 6.45) is 8.26. The number of allylic oxidation sites excluding steroid dienone is 4. The van der Waals surface area contributed by atoms with Gasteiger partial charge in [-0.05, 0) is 69.2 Å². The lowest BCUT2D eigenvalue weighted by molar-refractivity contribution is -0.224. The number of nitrogens with two attached hydrogens (primary N) is 1. The van der Waals surface area contributed by atoms with Crippen LogP contribution in [0.5, 0.6) is 0 Å². The fourth-order valence-corrected chi connectivity index (χ4v) is 4.70. The number of fused-ring (bicyclic) bond motifs is 3. The van der Waals surface area contributed by atoms with Crippen LogP contribution in [0.25, 0.3) is 0 Å². The van der Waals surface area contributed by atoms with Crippen LogP contribution < -0.4 is 5.73 Å². The Bertz CT molecular complexity index is 859. The molecule has 4 nitrogen and oxygen atoms in total. The van der Waals surface area contributed by atoms with Crippen LogP contribution in [0.3, 0.4) is 0 Å². The number of hydrogen-bond donors (Lipinski definition) is 1. The molecule has 150 valence electrons. The van der Waals surface area contributed by atoms with Crippen LogP contribution in [0.2, 0.25) is 0 Å². The van der Waals surface area contributed by atoms with E-state index >= 15 is 0 Å². The Balaban J connectivity index is 0.000000706. The molecule has 2 atom stereocenters. The summed E-state index contributed by atoms with van der Waals surface area (Å²) in [5.41, 5.74) is 9.50. The molecule has 3 aliphatic rings. The van der Waals surface area contributed by atoms with Gasteiger partial charge in [0.05, 0.1) is 0 Å². The van der Waals surface area contributed by atoms with Crippen molar-refractivity contribution in [2.24, 2.45) is 16.1 Å². The first-order chi connectivity index (χ1) is 13.3. The molecule has 2 unspecified atom stereocenters. The zero-order chi connectivity index (χ0) is 20.5. The maximum atomic E-state index is 14.0. The van der Waals surface area contributed by atoms with Gasteiger partial charge in [-0.25, -0.2) is 19.3 Å². The monoisotopic (exact) mass is 383 g/mol. The number of guanidine groups is 1. The van der Waals surface area contributed by atoms with Gasteiger partial charge >= 0.3 is 0 Å². The van der Waals surface area contributed by atoms with Gasteiger partial charge in [0, 0.05) is 18.0 Å². The summed E-state index contributed by atoms with van der Waals surface area (Å²) >= 11 is 0. The molecular formula is C23H30FN3O. The highest BCUT2D eigenvalue weighted by atomic mass is 19.1. The number of hydrogen-bond acceptors (Lipinski definition) is 4. The fraction of sp³-hybridized carbons (Fsp3) is 0.435. The van der Waals surface area contributed by atoms with Crippen molar-refractivity contribution >= 4 is 5.96 Å². The molecule has 2 aliphatic carbocycles. The van der Waals surface area contributed by atoms with E-state index in [9.17, 15) is 4.39 Å². The zero-order valence-corrected chi connectivity index (χ0v) is 17.1. The van der Waals surface area contributed by atoms with E-state index in [2.05, 4.69) is 20.1 Å². The predicted molar refractivity (Wildman–Crippen MR) is 112 cm³/mol. The number of hydroxylamine groups is 2. The average Bonchev–Trinajstić information content (AvgIpc) is 3.02. The predicted octanol–water partition coefficient (Wildman–Crippen LogP) is 4.98. The maximum absolute atomic E-state index is 14.0. The van der Waals surface area contributed by atoms with Gasteiger partial charge in [0.25, 0.3) is 0 Å². The van der Waals surface area contributed by atoms with Gasteiger partial charge in [0.15, 0.2) is 0 Å². The summed E-state index contributed by atoms with van der Waals surface area (Å²) in [6, 6.07) is 4.96. The van der Waals surface area contributed by atoms with Crippen LogP contribution in [0.15, 0.2) is 59.6 Å². The molecule has 0 aromatic heterocycles. The molecule has 28 heavy (non-hydrogen) atoms. The molecule has 5 heteroatoms. The smallest absolute Gasteiger partial charge is 0.220 e. The minimum absolute atomic E-state index is 0.232. The maximum Gasteiger partial charge on any atom is 0.220 e. The van der Waals surface area contributed by atoms with E-state index < -0.39 is 5.72 Å². The SMILES string of the molecule is C=CC.C=CC1=C(C)CCC2(CC1)Cc1ccc(F)cc1C21N=C(N)N(C)O1. The van der Waals surface area contributed by atoms with E-state index in [1.165, 1.54) is 22.3 Å². The van der Waals surface area contributed by atoms with Crippen molar-refractivity contribution in [2.45, 2.75) is 51.7 Å². The van der Waals surface area contributed by atoms with Crippen LogP contribution in [-0.2, 0) is 17.0 Å². The van der Waals surface area contributed by atoms with Crippen molar-refractivity contribution in [1.29, 1.82) is 0 Å². The van der Waals surface area contributed by atoms with Gasteiger partial charge in [-0.2, -0.15) is 0 Å². The molecule has 0 bridgehead atoms. The number of benzene rings is 1. The second-order valence-corrected chi connectivity index (χ2v) is 7.88. The molecule has 2 spiro atoms. The Hall–Kier alpha value is -2.40.